The second kappa shape index (κ2) is 24.4. The summed E-state index contributed by atoms with van der Waals surface area (Å²) in [5, 5.41) is 13.9. The van der Waals surface area contributed by atoms with Crippen LogP contribution in [0.4, 0.5) is 71.5 Å². The molecule has 0 fully saturated rings. The van der Waals surface area contributed by atoms with Gasteiger partial charge in [-0.2, -0.15) is 65.9 Å². The molecule has 0 aliphatic heterocycles. The number of halogens is 15. The van der Waals surface area contributed by atoms with E-state index >= 15 is 0 Å². The molecule has 0 saturated heterocycles. The third-order valence-corrected chi connectivity index (χ3v) is 12.2. The van der Waals surface area contributed by atoms with Crippen molar-refractivity contribution in [3.05, 3.63) is 170 Å². The maximum absolute atomic E-state index is 12.9. The molecule has 9 rings (SSSR count). The molecular formula is C54H49F15N6O4. The van der Waals surface area contributed by atoms with Crippen molar-refractivity contribution in [2.75, 3.05) is 19.4 Å². The maximum Gasteiger partial charge on any atom is 0.418 e. The number of hydrogen-bond acceptors (Lipinski definition) is 6. The third kappa shape index (κ3) is 14.2. The smallest absolute Gasteiger partial charge is 0.418 e. The number of carbonyl (C=O) groups is 2. The van der Waals surface area contributed by atoms with E-state index in [1.807, 2.05) is 6.92 Å². The second-order valence-corrected chi connectivity index (χ2v) is 17.3. The number of aromatic amines is 4. The molecule has 4 heterocycles. The van der Waals surface area contributed by atoms with Gasteiger partial charge in [0.05, 0.1) is 68.8 Å². The largest absolute Gasteiger partial charge is 0.461 e. The lowest BCUT2D eigenvalue weighted by Gasteiger charge is -2.07. The number of aliphatic hydroxyl groups is 1. The van der Waals surface area contributed by atoms with Gasteiger partial charge in [-0.1, -0.05) is 60.7 Å². The Labute approximate surface area is 439 Å². The van der Waals surface area contributed by atoms with E-state index in [-0.39, 0.29) is 52.4 Å². The number of nitrogens with one attached hydrogen (secondary N) is 5. The lowest BCUT2D eigenvalue weighted by atomic mass is 10.1. The van der Waals surface area contributed by atoms with E-state index in [9.17, 15) is 75.4 Å². The van der Waals surface area contributed by atoms with Crippen molar-refractivity contribution in [1.82, 2.24) is 25.3 Å². The van der Waals surface area contributed by atoms with Gasteiger partial charge in [-0.15, -0.1) is 0 Å². The number of nitrogens with two attached hydrogens (primary N) is 1. The lowest BCUT2D eigenvalue weighted by Crippen LogP contribution is -2.07. The summed E-state index contributed by atoms with van der Waals surface area (Å²) < 4.78 is 194. The van der Waals surface area contributed by atoms with Gasteiger partial charge < -0.3 is 40.8 Å². The molecule has 9 aromatic rings. The Morgan fingerprint density at radius 2 is 0.873 bits per heavy atom. The predicted molar refractivity (Wildman–Crippen MR) is 268 cm³/mol. The first-order valence-corrected chi connectivity index (χ1v) is 23.2. The number of fused-ring (bicyclic) bond motifs is 4. The monoisotopic (exact) mass is 1130 g/mol. The van der Waals surface area contributed by atoms with Gasteiger partial charge in [0.1, 0.15) is 5.69 Å². The molecule has 424 valence electrons. The van der Waals surface area contributed by atoms with Crippen molar-refractivity contribution in [2.24, 2.45) is 0 Å². The highest BCUT2D eigenvalue weighted by Gasteiger charge is 2.37. The van der Waals surface area contributed by atoms with Crippen LogP contribution in [-0.2, 0) is 48.8 Å². The first kappa shape index (κ1) is 61.9. The molecule has 8 N–H and O–H groups in total. The van der Waals surface area contributed by atoms with E-state index in [1.54, 1.807) is 59.0 Å². The van der Waals surface area contributed by atoms with Gasteiger partial charge in [-0.05, 0) is 100 Å². The molecule has 0 aliphatic rings. The number of aromatic nitrogens is 4. The highest BCUT2D eigenvalue weighted by Crippen LogP contribution is 2.40. The van der Waals surface area contributed by atoms with Gasteiger partial charge in [-0.3, -0.25) is 4.79 Å². The summed E-state index contributed by atoms with van der Waals surface area (Å²) in [4.78, 5) is 32.8. The van der Waals surface area contributed by atoms with Gasteiger partial charge in [0.25, 0.3) is 0 Å². The minimum Gasteiger partial charge on any atom is -0.461 e. The molecule has 0 bridgehead atoms. The molecule has 4 aromatic heterocycles. The van der Waals surface area contributed by atoms with Gasteiger partial charge in [0, 0.05) is 45.2 Å². The molecule has 0 radical (unpaired) electrons. The summed E-state index contributed by atoms with van der Waals surface area (Å²) in [6.45, 7) is 8.75. The Kier molecular flexibility index (Phi) is 19.1. The SMILES string of the molecule is CCOC(=O)c1[nH]c2c(C(F)(F)F)cccc2c1C.CNCc1[nH]c2c(C(F)(F)F)cccc2c1C.Cc1c(C=O)[nH]c2c(C(F)(F)F)cccc12.Cc1c(CO)[nH]c2c(C(F)(F)F)cccc12.Nc1ccccc1C(F)(F)F. The zero-order valence-corrected chi connectivity index (χ0v) is 42.4. The van der Waals surface area contributed by atoms with Crippen LogP contribution >= 0.6 is 0 Å². The van der Waals surface area contributed by atoms with Crippen molar-refractivity contribution >= 4 is 61.6 Å². The number of carbonyl (C=O) groups excluding carboxylic acids is 2. The third-order valence-electron chi connectivity index (χ3n) is 12.2. The molecule has 0 saturated carbocycles. The number of aldehydes is 1. The molecule has 5 aromatic carbocycles. The van der Waals surface area contributed by atoms with Crippen LogP contribution in [0.3, 0.4) is 0 Å². The normalized spacial score (nSPS) is 12.0. The average molecular weight is 1130 g/mol. The molecule has 0 atom stereocenters. The van der Waals surface area contributed by atoms with Crippen molar-refractivity contribution in [3.8, 4) is 0 Å². The van der Waals surface area contributed by atoms with Crippen LogP contribution in [0.1, 0.15) is 89.4 Å². The summed E-state index contributed by atoms with van der Waals surface area (Å²) in [6.07, 6.45) is -21.4. The van der Waals surface area contributed by atoms with E-state index in [2.05, 4.69) is 25.3 Å². The van der Waals surface area contributed by atoms with E-state index in [4.69, 9.17) is 15.6 Å². The molecule has 0 aliphatic carbocycles. The fourth-order valence-electron chi connectivity index (χ4n) is 8.28. The Morgan fingerprint density at radius 3 is 1.24 bits per heavy atom. The predicted octanol–water partition coefficient (Wildman–Crippen LogP) is 15.5. The molecule has 25 heteroatoms. The maximum atomic E-state index is 12.9. The van der Waals surface area contributed by atoms with Gasteiger partial charge in [0.2, 0.25) is 0 Å². The second-order valence-electron chi connectivity index (χ2n) is 17.3. The standard InChI is InChI=1S/C13H12F3NO2.C12H13F3N2.C11H10F3NO.C11H8F3NO.C7H6F3N/c1-3-19-12(18)10-7(2)8-5-4-6-9(11(8)17-10)13(14,15)16;1-7-8-4-3-5-9(12(13,14)15)11(8)17-10(7)6-16-2;2*1-6-7-3-2-4-8(11(12,13)14)10(7)15-9(6)5-16;8-7(9,10)5-3-1-2-4-6(5)11/h4-6,17H,3H2,1-2H3;3-5,16-17H,6H2,1-2H3;2-4,15-16H,5H2,1H3;2-5,15H,1H3;1-4H,11H2. The zero-order chi connectivity index (χ0) is 59.2. The zero-order valence-electron chi connectivity index (χ0n) is 42.4. The van der Waals surface area contributed by atoms with E-state index in [0.717, 1.165) is 41.6 Å². The number of H-pyrrole nitrogens is 4. The van der Waals surface area contributed by atoms with Gasteiger partial charge in [0.15, 0.2) is 6.29 Å². The fraction of sp³-hybridized carbons (Fsp3) is 0.259. The first-order chi connectivity index (χ1) is 36.7. The number of ether oxygens (including phenoxy) is 1. The van der Waals surface area contributed by atoms with Crippen molar-refractivity contribution in [1.29, 1.82) is 0 Å². The van der Waals surface area contributed by atoms with Gasteiger partial charge in [-0.25, -0.2) is 4.79 Å². The summed E-state index contributed by atoms with van der Waals surface area (Å²) in [6, 6.07) is 20.9. The van der Waals surface area contributed by atoms with E-state index in [0.29, 0.717) is 56.8 Å². The molecule has 0 amide bonds. The Morgan fingerprint density at radius 1 is 0.519 bits per heavy atom. The fourth-order valence-corrected chi connectivity index (χ4v) is 8.28. The lowest BCUT2D eigenvalue weighted by molar-refractivity contribution is -0.137. The summed E-state index contributed by atoms with van der Waals surface area (Å²) >= 11 is 0. The van der Waals surface area contributed by atoms with Crippen LogP contribution in [-0.4, -0.2) is 51.0 Å². The average Bonchev–Trinajstić information content (AvgIpc) is 4.16. The number of hydrogen-bond donors (Lipinski definition) is 7. The number of nitrogen functional groups attached to an aromatic ring is 1. The van der Waals surface area contributed by atoms with Crippen LogP contribution in [0.2, 0.25) is 0 Å². The highest BCUT2D eigenvalue weighted by atomic mass is 19.4. The number of alkyl halides is 15. The summed E-state index contributed by atoms with van der Waals surface area (Å²) in [5.74, 6) is -0.649. The molecule has 0 unspecified atom stereocenters. The highest BCUT2D eigenvalue weighted by molar-refractivity contribution is 5.99. The quantitative estimate of drug-likeness (QED) is 0.0379. The molecule has 79 heavy (non-hydrogen) atoms. The molecule has 10 nitrogen and oxygen atoms in total. The summed E-state index contributed by atoms with van der Waals surface area (Å²) in [5.41, 5.74) is 5.29. The van der Waals surface area contributed by atoms with Crippen molar-refractivity contribution in [2.45, 2.75) is 78.7 Å². The van der Waals surface area contributed by atoms with E-state index < -0.39 is 64.7 Å². The van der Waals surface area contributed by atoms with Crippen LogP contribution in [0.25, 0.3) is 43.6 Å². The Hall–Kier alpha value is -7.93. The van der Waals surface area contributed by atoms with Crippen LogP contribution in [0, 0.1) is 27.7 Å². The van der Waals surface area contributed by atoms with Crippen LogP contribution in [0.5, 0.6) is 0 Å². The Balaban J connectivity index is 0.000000183. The topological polar surface area (TPSA) is 165 Å². The van der Waals surface area contributed by atoms with Crippen LogP contribution in [0.15, 0.2) is 97.1 Å². The number of benzene rings is 5. The number of anilines is 1. The van der Waals surface area contributed by atoms with Crippen LogP contribution < -0.4 is 11.1 Å². The van der Waals surface area contributed by atoms with Crippen molar-refractivity contribution in [3.63, 3.8) is 0 Å². The number of para-hydroxylation sites is 5. The number of aryl methyl sites for hydroxylation is 4. The summed E-state index contributed by atoms with van der Waals surface area (Å²) in [7, 11) is 1.76. The molecule has 0 spiro atoms. The Bertz CT molecular complexity index is 3580. The number of rotatable bonds is 6. The van der Waals surface area contributed by atoms with Gasteiger partial charge >= 0.3 is 36.9 Å². The van der Waals surface area contributed by atoms with Crippen molar-refractivity contribution < 1.29 is 85.3 Å². The number of esters is 1. The molecular weight excluding hydrogens is 1080 g/mol. The minimum absolute atomic E-state index is 0.0328. The first-order valence-electron chi connectivity index (χ1n) is 23.2. The number of aliphatic hydroxyl groups excluding tert-OH is 1. The minimum atomic E-state index is -4.47. The van der Waals surface area contributed by atoms with E-state index in [1.165, 1.54) is 42.5 Å².